The van der Waals surface area contributed by atoms with Gasteiger partial charge in [-0.15, -0.1) is 0 Å². The zero-order chi connectivity index (χ0) is 8.97. The fourth-order valence-electron chi connectivity index (χ4n) is 1.45. The molecule has 0 aromatic heterocycles. The Morgan fingerprint density at radius 2 is 2.00 bits per heavy atom. The molecule has 1 saturated carbocycles. The molecule has 0 radical (unpaired) electrons. The largest absolute Gasteiger partial charge is 0.453 e. The third-order valence-electron chi connectivity index (χ3n) is 2.20. The van der Waals surface area contributed by atoms with Crippen molar-refractivity contribution >= 4 is 6.09 Å². The number of aliphatic hydroxyl groups excluding tert-OH is 1. The zero-order valence-electron chi connectivity index (χ0n) is 7.25. The Bertz CT molecular complexity index is 152. The number of ether oxygens (including phenoxy) is 1. The molecular formula is C8H15NO3. The quantitative estimate of drug-likeness (QED) is 0.612. The van der Waals surface area contributed by atoms with Crippen molar-refractivity contribution in [1.82, 2.24) is 5.32 Å². The van der Waals surface area contributed by atoms with E-state index in [0.29, 0.717) is 0 Å². The van der Waals surface area contributed by atoms with Crippen molar-refractivity contribution in [2.75, 3.05) is 7.11 Å². The monoisotopic (exact) mass is 173 g/mol. The summed E-state index contributed by atoms with van der Waals surface area (Å²) in [5, 5.41) is 11.9. The SMILES string of the molecule is COC(=O)N[C@H]1CC[C@@H](O)CC1. The maximum atomic E-state index is 10.8. The van der Waals surface area contributed by atoms with Crippen molar-refractivity contribution in [2.24, 2.45) is 0 Å². The number of methoxy groups -OCH3 is 1. The van der Waals surface area contributed by atoms with Crippen molar-refractivity contribution < 1.29 is 14.6 Å². The van der Waals surface area contributed by atoms with Crippen LogP contribution >= 0.6 is 0 Å². The first-order valence-corrected chi connectivity index (χ1v) is 4.25. The predicted octanol–water partition coefficient (Wildman–Crippen LogP) is 0.646. The van der Waals surface area contributed by atoms with Crippen LogP contribution in [0.1, 0.15) is 25.7 Å². The molecule has 0 spiro atoms. The maximum absolute atomic E-state index is 10.8. The molecule has 12 heavy (non-hydrogen) atoms. The summed E-state index contributed by atoms with van der Waals surface area (Å²) in [6.45, 7) is 0. The number of amides is 1. The van der Waals surface area contributed by atoms with E-state index in [9.17, 15) is 9.90 Å². The van der Waals surface area contributed by atoms with Gasteiger partial charge >= 0.3 is 6.09 Å². The lowest BCUT2D eigenvalue weighted by Gasteiger charge is -2.25. The molecule has 0 aromatic carbocycles. The summed E-state index contributed by atoms with van der Waals surface area (Å²) in [5.74, 6) is 0. The molecule has 0 heterocycles. The molecule has 4 heteroatoms. The van der Waals surface area contributed by atoms with Gasteiger partial charge in [0.2, 0.25) is 0 Å². The van der Waals surface area contributed by atoms with Crippen molar-refractivity contribution in [3.63, 3.8) is 0 Å². The van der Waals surface area contributed by atoms with Gasteiger partial charge < -0.3 is 15.2 Å². The number of carbonyl (C=O) groups is 1. The molecule has 1 amide bonds. The third-order valence-corrected chi connectivity index (χ3v) is 2.20. The minimum Gasteiger partial charge on any atom is -0.453 e. The Morgan fingerprint density at radius 3 is 2.50 bits per heavy atom. The number of aliphatic hydroxyl groups is 1. The van der Waals surface area contributed by atoms with Gasteiger partial charge in [0.1, 0.15) is 0 Å². The number of carbonyl (C=O) groups excluding carboxylic acids is 1. The van der Waals surface area contributed by atoms with E-state index in [-0.39, 0.29) is 18.2 Å². The van der Waals surface area contributed by atoms with Gasteiger partial charge in [-0.05, 0) is 25.7 Å². The van der Waals surface area contributed by atoms with Gasteiger partial charge in [0.05, 0.1) is 13.2 Å². The van der Waals surface area contributed by atoms with Crippen molar-refractivity contribution in [1.29, 1.82) is 0 Å². The highest BCUT2D eigenvalue weighted by molar-refractivity contribution is 5.67. The molecule has 4 nitrogen and oxygen atoms in total. The van der Waals surface area contributed by atoms with E-state index in [1.807, 2.05) is 0 Å². The minimum atomic E-state index is -0.378. The van der Waals surface area contributed by atoms with Crippen LogP contribution in [0.5, 0.6) is 0 Å². The second kappa shape index (κ2) is 4.30. The Morgan fingerprint density at radius 1 is 1.42 bits per heavy atom. The molecule has 1 aliphatic carbocycles. The molecule has 0 atom stereocenters. The lowest BCUT2D eigenvalue weighted by Crippen LogP contribution is -2.38. The van der Waals surface area contributed by atoms with Crippen LogP contribution in [0.3, 0.4) is 0 Å². The van der Waals surface area contributed by atoms with Crippen molar-refractivity contribution in [3.05, 3.63) is 0 Å². The molecule has 0 aromatic rings. The number of rotatable bonds is 1. The maximum Gasteiger partial charge on any atom is 0.407 e. The molecule has 0 bridgehead atoms. The fraction of sp³-hybridized carbons (Fsp3) is 0.875. The van der Waals surface area contributed by atoms with Crippen LogP contribution < -0.4 is 5.32 Å². The highest BCUT2D eigenvalue weighted by atomic mass is 16.5. The first-order valence-electron chi connectivity index (χ1n) is 4.25. The van der Waals surface area contributed by atoms with E-state index < -0.39 is 0 Å². The highest BCUT2D eigenvalue weighted by Gasteiger charge is 2.20. The van der Waals surface area contributed by atoms with Gasteiger partial charge in [-0.1, -0.05) is 0 Å². The standard InChI is InChI=1S/C8H15NO3/c1-12-8(11)9-6-2-4-7(10)5-3-6/h6-7,10H,2-5H2,1H3,(H,9,11)/t6-,7+. The van der Waals surface area contributed by atoms with E-state index in [4.69, 9.17) is 0 Å². The smallest absolute Gasteiger partial charge is 0.407 e. The summed E-state index contributed by atoms with van der Waals surface area (Å²) >= 11 is 0. The lowest BCUT2D eigenvalue weighted by molar-refractivity contribution is 0.111. The minimum absolute atomic E-state index is 0.180. The van der Waals surface area contributed by atoms with Gasteiger partial charge in [0, 0.05) is 6.04 Å². The van der Waals surface area contributed by atoms with Crippen LogP contribution in [0.25, 0.3) is 0 Å². The van der Waals surface area contributed by atoms with E-state index in [1.54, 1.807) is 0 Å². The molecule has 1 rings (SSSR count). The van der Waals surface area contributed by atoms with Gasteiger partial charge in [-0.2, -0.15) is 0 Å². The average Bonchev–Trinajstić information content (AvgIpc) is 2.09. The molecule has 0 saturated heterocycles. The van der Waals surface area contributed by atoms with Crippen molar-refractivity contribution in [2.45, 2.75) is 37.8 Å². The number of nitrogens with one attached hydrogen (secondary N) is 1. The first kappa shape index (κ1) is 9.32. The molecule has 70 valence electrons. The van der Waals surface area contributed by atoms with Crippen LogP contribution in [-0.4, -0.2) is 30.5 Å². The summed E-state index contributed by atoms with van der Waals surface area (Å²) in [7, 11) is 1.35. The van der Waals surface area contributed by atoms with E-state index in [0.717, 1.165) is 25.7 Å². The van der Waals surface area contributed by atoms with Gasteiger partial charge in [-0.25, -0.2) is 4.79 Å². The topological polar surface area (TPSA) is 58.6 Å². The van der Waals surface area contributed by atoms with Crippen LogP contribution in [0.4, 0.5) is 4.79 Å². The van der Waals surface area contributed by atoms with Crippen molar-refractivity contribution in [3.8, 4) is 0 Å². The lowest BCUT2D eigenvalue weighted by atomic mass is 9.93. The van der Waals surface area contributed by atoms with Crippen LogP contribution in [0.2, 0.25) is 0 Å². The highest BCUT2D eigenvalue weighted by Crippen LogP contribution is 2.18. The molecule has 0 unspecified atom stereocenters. The number of hydrogen-bond acceptors (Lipinski definition) is 3. The van der Waals surface area contributed by atoms with Gasteiger partial charge in [0.15, 0.2) is 0 Å². The summed E-state index contributed by atoms with van der Waals surface area (Å²) in [6, 6.07) is 0.181. The average molecular weight is 173 g/mol. The summed E-state index contributed by atoms with van der Waals surface area (Å²) in [5.41, 5.74) is 0. The van der Waals surface area contributed by atoms with E-state index >= 15 is 0 Å². The second-order valence-corrected chi connectivity index (χ2v) is 3.14. The number of hydrogen-bond donors (Lipinski definition) is 2. The Balaban J connectivity index is 2.21. The van der Waals surface area contributed by atoms with E-state index in [2.05, 4.69) is 10.1 Å². The second-order valence-electron chi connectivity index (χ2n) is 3.14. The predicted molar refractivity (Wildman–Crippen MR) is 43.8 cm³/mol. The Hall–Kier alpha value is -0.770. The molecule has 1 fully saturated rings. The van der Waals surface area contributed by atoms with Crippen LogP contribution in [0, 0.1) is 0 Å². The zero-order valence-corrected chi connectivity index (χ0v) is 7.25. The van der Waals surface area contributed by atoms with Crippen LogP contribution in [-0.2, 0) is 4.74 Å². The summed E-state index contributed by atoms with van der Waals surface area (Å²) in [4.78, 5) is 10.8. The summed E-state index contributed by atoms with van der Waals surface area (Å²) in [6.07, 6.45) is 2.67. The number of alkyl carbamates (subject to hydrolysis) is 1. The molecule has 2 N–H and O–H groups in total. The molecular weight excluding hydrogens is 158 g/mol. The summed E-state index contributed by atoms with van der Waals surface area (Å²) < 4.78 is 4.47. The van der Waals surface area contributed by atoms with Gasteiger partial charge in [0.25, 0.3) is 0 Å². The Kier molecular flexibility index (Phi) is 3.34. The molecule has 1 aliphatic rings. The first-order chi connectivity index (χ1) is 5.72. The van der Waals surface area contributed by atoms with Crippen LogP contribution in [0.15, 0.2) is 0 Å². The van der Waals surface area contributed by atoms with Gasteiger partial charge in [-0.3, -0.25) is 0 Å². The fourth-order valence-corrected chi connectivity index (χ4v) is 1.45. The Labute approximate surface area is 71.9 Å². The third kappa shape index (κ3) is 2.70. The molecule has 0 aliphatic heterocycles. The normalized spacial score (nSPS) is 29.5. The van der Waals surface area contributed by atoms with E-state index in [1.165, 1.54) is 7.11 Å².